The van der Waals surface area contributed by atoms with Crippen LogP contribution in [0.1, 0.15) is 47.8 Å². The second kappa shape index (κ2) is 8.36. The summed E-state index contributed by atoms with van der Waals surface area (Å²) in [7, 11) is -3.23. The van der Waals surface area contributed by atoms with Gasteiger partial charge in [-0.25, -0.2) is 8.42 Å². The second-order valence-electron chi connectivity index (χ2n) is 6.19. The molecule has 0 aliphatic rings. The Balaban J connectivity index is 2.16. The van der Waals surface area contributed by atoms with Crippen molar-refractivity contribution < 1.29 is 17.9 Å². The number of hydrogen-bond acceptors (Lipinski definition) is 4. The van der Waals surface area contributed by atoms with E-state index in [-0.39, 0.29) is 16.8 Å². The van der Waals surface area contributed by atoms with Gasteiger partial charge in [-0.1, -0.05) is 19.1 Å². The van der Waals surface area contributed by atoms with Crippen molar-refractivity contribution in [2.45, 2.75) is 38.1 Å². The topological polar surface area (TPSA) is 72.5 Å². The first kappa shape index (κ1) is 20.0. The van der Waals surface area contributed by atoms with Gasteiger partial charge in [0.1, 0.15) is 5.75 Å². The SMILES string of the molecule is CCOc1ccc(C(=O)N[C@H](CC)c2ccc(S(C)(=O)=O)cc2)cc1C. The van der Waals surface area contributed by atoms with Gasteiger partial charge in [-0.15, -0.1) is 0 Å². The molecule has 0 aliphatic carbocycles. The highest BCUT2D eigenvalue weighted by Gasteiger charge is 2.16. The minimum absolute atomic E-state index is 0.171. The highest BCUT2D eigenvalue weighted by molar-refractivity contribution is 7.90. The normalized spacial score (nSPS) is 12.5. The summed E-state index contributed by atoms with van der Waals surface area (Å²) >= 11 is 0. The molecule has 2 rings (SSSR count). The predicted molar refractivity (Wildman–Crippen MR) is 102 cm³/mol. The number of amides is 1. The fraction of sp³-hybridized carbons (Fsp3) is 0.350. The van der Waals surface area contributed by atoms with Crippen LogP contribution in [0.15, 0.2) is 47.4 Å². The molecule has 0 bridgehead atoms. The van der Waals surface area contributed by atoms with E-state index >= 15 is 0 Å². The molecule has 0 unspecified atom stereocenters. The molecule has 0 aliphatic heterocycles. The molecule has 0 spiro atoms. The van der Waals surface area contributed by atoms with Crippen molar-refractivity contribution in [2.75, 3.05) is 12.9 Å². The molecular formula is C20H25NO4S. The lowest BCUT2D eigenvalue weighted by atomic mass is 10.0. The lowest BCUT2D eigenvalue weighted by molar-refractivity contribution is 0.0935. The molecule has 5 nitrogen and oxygen atoms in total. The molecule has 1 N–H and O–H groups in total. The lowest BCUT2D eigenvalue weighted by Crippen LogP contribution is -2.28. The van der Waals surface area contributed by atoms with Crippen LogP contribution >= 0.6 is 0 Å². The number of rotatable bonds is 7. The van der Waals surface area contributed by atoms with E-state index < -0.39 is 9.84 Å². The summed E-state index contributed by atoms with van der Waals surface area (Å²) in [6.45, 7) is 6.37. The number of ether oxygens (including phenoxy) is 1. The van der Waals surface area contributed by atoms with Crippen molar-refractivity contribution in [3.63, 3.8) is 0 Å². The highest BCUT2D eigenvalue weighted by Crippen LogP contribution is 2.22. The van der Waals surface area contributed by atoms with Crippen LogP contribution in [0.2, 0.25) is 0 Å². The van der Waals surface area contributed by atoms with E-state index in [0.29, 0.717) is 18.6 Å². The Morgan fingerprint density at radius 3 is 2.27 bits per heavy atom. The van der Waals surface area contributed by atoms with E-state index in [4.69, 9.17) is 4.74 Å². The third-order valence-electron chi connectivity index (χ3n) is 4.16. The van der Waals surface area contributed by atoms with E-state index in [1.54, 1.807) is 42.5 Å². The number of carbonyl (C=O) groups is 1. The zero-order valence-corrected chi connectivity index (χ0v) is 16.4. The fourth-order valence-electron chi connectivity index (χ4n) is 2.72. The monoisotopic (exact) mass is 375 g/mol. The molecule has 2 aromatic carbocycles. The molecule has 0 fully saturated rings. The Morgan fingerprint density at radius 1 is 1.12 bits per heavy atom. The molecule has 0 heterocycles. The minimum Gasteiger partial charge on any atom is -0.494 e. The zero-order valence-electron chi connectivity index (χ0n) is 15.6. The molecule has 0 radical (unpaired) electrons. The average molecular weight is 375 g/mol. The van der Waals surface area contributed by atoms with Gasteiger partial charge in [0.2, 0.25) is 0 Å². The Hall–Kier alpha value is -2.34. The van der Waals surface area contributed by atoms with E-state index in [1.807, 2.05) is 20.8 Å². The van der Waals surface area contributed by atoms with Crippen molar-refractivity contribution in [1.29, 1.82) is 0 Å². The third kappa shape index (κ3) is 4.85. The van der Waals surface area contributed by atoms with Gasteiger partial charge in [0.05, 0.1) is 17.5 Å². The maximum absolute atomic E-state index is 12.6. The minimum atomic E-state index is -3.23. The molecule has 26 heavy (non-hydrogen) atoms. The maximum atomic E-state index is 12.6. The summed E-state index contributed by atoms with van der Waals surface area (Å²) in [6.07, 6.45) is 1.87. The molecule has 0 saturated carbocycles. The number of aryl methyl sites for hydroxylation is 1. The molecule has 1 atom stereocenters. The van der Waals surface area contributed by atoms with Crippen LogP contribution in [0.4, 0.5) is 0 Å². The van der Waals surface area contributed by atoms with Gasteiger partial charge < -0.3 is 10.1 Å². The molecule has 2 aromatic rings. The van der Waals surface area contributed by atoms with Gasteiger partial charge in [-0.2, -0.15) is 0 Å². The number of carbonyl (C=O) groups excluding carboxylic acids is 1. The third-order valence-corrected chi connectivity index (χ3v) is 5.29. The Bertz CT molecular complexity index is 873. The summed E-state index contributed by atoms with van der Waals surface area (Å²) in [5, 5.41) is 3.01. The zero-order chi connectivity index (χ0) is 19.3. The molecule has 0 saturated heterocycles. The van der Waals surface area contributed by atoms with Crippen molar-refractivity contribution in [3.8, 4) is 5.75 Å². The first-order valence-corrected chi connectivity index (χ1v) is 10.5. The quantitative estimate of drug-likeness (QED) is 0.801. The average Bonchev–Trinajstić information content (AvgIpc) is 2.60. The van der Waals surface area contributed by atoms with Crippen LogP contribution in [0, 0.1) is 6.92 Å². The van der Waals surface area contributed by atoms with Gasteiger partial charge >= 0.3 is 0 Å². The van der Waals surface area contributed by atoms with Gasteiger partial charge in [0, 0.05) is 11.8 Å². The van der Waals surface area contributed by atoms with Crippen LogP contribution in [0.3, 0.4) is 0 Å². The van der Waals surface area contributed by atoms with Crippen molar-refractivity contribution >= 4 is 15.7 Å². The summed E-state index contributed by atoms with van der Waals surface area (Å²) in [6, 6.07) is 11.8. The van der Waals surface area contributed by atoms with Gasteiger partial charge in [-0.05, 0) is 61.7 Å². The summed E-state index contributed by atoms with van der Waals surface area (Å²) < 4.78 is 28.6. The fourth-order valence-corrected chi connectivity index (χ4v) is 3.35. The van der Waals surface area contributed by atoms with E-state index in [2.05, 4.69) is 5.32 Å². The summed E-state index contributed by atoms with van der Waals surface area (Å²) in [4.78, 5) is 12.9. The van der Waals surface area contributed by atoms with Gasteiger partial charge in [-0.3, -0.25) is 4.79 Å². The molecule has 140 valence electrons. The number of sulfone groups is 1. The lowest BCUT2D eigenvalue weighted by Gasteiger charge is -2.18. The van der Waals surface area contributed by atoms with Crippen LogP contribution in [-0.4, -0.2) is 27.2 Å². The van der Waals surface area contributed by atoms with E-state index in [0.717, 1.165) is 16.9 Å². The standard InChI is InChI=1S/C20H25NO4S/c1-5-18(15-7-10-17(11-8-15)26(4,23)24)21-20(22)16-9-12-19(25-6-2)14(3)13-16/h7-13,18H,5-6H2,1-4H3,(H,21,22)/t18-/m1/s1. The van der Waals surface area contributed by atoms with Crippen molar-refractivity contribution in [1.82, 2.24) is 5.32 Å². The largest absolute Gasteiger partial charge is 0.494 e. The highest BCUT2D eigenvalue weighted by atomic mass is 32.2. The second-order valence-corrected chi connectivity index (χ2v) is 8.20. The van der Waals surface area contributed by atoms with E-state index in [9.17, 15) is 13.2 Å². The van der Waals surface area contributed by atoms with Crippen LogP contribution in [-0.2, 0) is 9.84 Å². The number of nitrogens with one attached hydrogen (secondary N) is 1. The van der Waals surface area contributed by atoms with Crippen molar-refractivity contribution in [2.24, 2.45) is 0 Å². The van der Waals surface area contributed by atoms with Crippen molar-refractivity contribution in [3.05, 3.63) is 59.2 Å². The molecule has 6 heteroatoms. The number of hydrogen-bond donors (Lipinski definition) is 1. The Morgan fingerprint density at radius 2 is 1.77 bits per heavy atom. The van der Waals surface area contributed by atoms with Crippen LogP contribution < -0.4 is 10.1 Å². The predicted octanol–water partition coefficient (Wildman–Crippen LogP) is 3.68. The van der Waals surface area contributed by atoms with Crippen LogP contribution in [0.5, 0.6) is 5.75 Å². The first-order valence-electron chi connectivity index (χ1n) is 8.60. The number of benzene rings is 2. The molecular weight excluding hydrogens is 350 g/mol. The van der Waals surface area contributed by atoms with Gasteiger partial charge in [0.15, 0.2) is 9.84 Å². The Kier molecular flexibility index (Phi) is 6.42. The molecule has 1 amide bonds. The maximum Gasteiger partial charge on any atom is 0.251 e. The smallest absolute Gasteiger partial charge is 0.251 e. The molecule has 0 aromatic heterocycles. The summed E-state index contributed by atoms with van der Waals surface area (Å²) in [5.41, 5.74) is 2.35. The Labute approximate surface area is 155 Å². The van der Waals surface area contributed by atoms with E-state index in [1.165, 1.54) is 6.26 Å². The van der Waals surface area contributed by atoms with Gasteiger partial charge in [0.25, 0.3) is 5.91 Å². The summed E-state index contributed by atoms with van der Waals surface area (Å²) in [5.74, 6) is 0.600. The van der Waals surface area contributed by atoms with Crippen LogP contribution in [0.25, 0.3) is 0 Å². The first-order chi connectivity index (χ1) is 12.3.